The van der Waals surface area contributed by atoms with Crippen molar-refractivity contribution in [1.29, 1.82) is 10.5 Å². The molecule has 0 radical (unpaired) electrons. The zero-order valence-electron chi connectivity index (χ0n) is 20.9. The molecular formula is C29H24N8O. The molecule has 1 amide bonds. The smallest absolute Gasteiger partial charge is 0.270 e. The van der Waals surface area contributed by atoms with E-state index < -0.39 is 0 Å². The summed E-state index contributed by atoms with van der Waals surface area (Å²) in [5.41, 5.74) is 5.94. The highest BCUT2D eigenvalue weighted by atomic mass is 16.1. The second-order valence-electron chi connectivity index (χ2n) is 8.43. The summed E-state index contributed by atoms with van der Waals surface area (Å²) in [4.78, 5) is 26.0. The molecule has 0 saturated carbocycles. The van der Waals surface area contributed by atoms with Crippen molar-refractivity contribution in [2.75, 3.05) is 10.6 Å². The van der Waals surface area contributed by atoms with Crippen molar-refractivity contribution < 1.29 is 4.79 Å². The number of carbonyl (C=O) groups excluding carboxylic acids is 1. The van der Waals surface area contributed by atoms with Gasteiger partial charge in [-0.05, 0) is 90.7 Å². The molecule has 4 aromatic rings. The molecule has 9 nitrogen and oxygen atoms in total. The molecule has 2 heterocycles. The number of anilines is 4. The second kappa shape index (κ2) is 11.9. The van der Waals surface area contributed by atoms with Gasteiger partial charge in [-0.3, -0.25) is 9.78 Å². The summed E-state index contributed by atoms with van der Waals surface area (Å²) in [5, 5.41) is 27.2. The highest BCUT2D eigenvalue weighted by Crippen LogP contribution is 2.27. The third-order valence-electron chi connectivity index (χ3n) is 5.59. The zero-order chi connectivity index (χ0) is 26.9. The van der Waals surface area contributed by atoms with Crippen molar-refractivity contribution in [2.45, 2.75) is 20.4 Å². The summed E-state index contributed by atoms with van der Waals surface area (Å²) in [6.07, 6.45) is 6.52. The van der Waals surface area contributed by atoms with Crippen molar-refractivity contribution >= 4 is 35.1 Å². The van der Waals surface area contributed by atoms with Crippen molar-refractivity contribution in [2.24, 2.45) is 0 Å². The molecule has 2 aromatic heterocycles. The summed E-state index contributed by atoms with van der Waals surface area (Å²) in [7, 11) is 0. The van der Waals surface area contributed by atoms with Crippen molar-refractivity contribution in [1.82, 2.24) is 20.3 Å². The van der Waals surface area contributed by atoms with Crippen molar-refractivity contribution in [3.8, 4) is 12.1 Å². The van der Waals surface area contributed by atoms with Crippen LogP contribution in [0, 0.1) is 36.5 Å². The number of allylic oxidation sites excluding steroid dienone is 1. The van der Waals surface area contributed by atoms with E-state index >= 15 is 0 Å². The Bertz CT molecular complexity index is 1540. The van der Waals surface area contributed by atoms with Gasteiger partial charge >= 0.3 is 0 Å². The van der Waals surface area contributed by atoms with Gasteiger partial charge in [0, 0.05) is 42.5 Å². The highest BCUT2D eigenvalue weighted by Gasteiger charge is 2.14. The van der Waals surface area contributed by atoms with Crippen LogP contribution in [0.1, 0.15) is 38.3 Å². The fourth-order valence-corrected chi connectivity index (χ4v) is 3.77. The molecule has 0 aliphatic heterocycles. The van der Waals surface area contributed by atoms with E-state index in [-0.39, 0.29) is 17.5 Å². The number of pyridine rings is 1. The van der Waals surface area contributed by atoms with Gasteiger partial charge in [-0.25, -0.2) is 4.98 Å². The number of nitrogens with one attached hydrogen (secondary N) is 3. The lowest BCUT2D eigenvalue weighted by molar-refractivity contribution is 0.0946. The Labute approximate surface area is 220 Å². The number of amides is 1. The molecule has 0 bridgehead atoms. The number of rotatable bonds is 8. The molecule has 0 aliphatic carbocycles. The minimum absolute atomic E-state index is 0.177. The third kappa shape index (κ3) is 6.56. The van der Waals surface area contributed by atoms with Crippen LogP contribution < -0.4 is 16.0 Å². The van der Waals surface area contributed by atoms with Gasteiger partial charge in [-0.2, -0.15) is 15.5 Å². The first-order valence-electron chi connectivity index (χ1n) is 11.7. The van der Waals surface area contributed by atoms with Crippen LogP contribution >= 0.6 is 0 Å². The second-order valence-corrected chi connectivity index (χ2v) is 8.43. The molecular weight excluding hydrogens is 476 g/mol. The average molecular weight is 501 g/mol. The summed E-state index contributed by atoms with van der Waals surface area (Å²) >= 11 is 0. The van der Waals surface area contributed by atoms with Crippen LogP contribution in [-0.2, 0) is 6.54 Å². The fourth-order valence-electron chi connectivity index (χ4n) is 3.77. The van der Waals surface area contributed by atoms with Crippen LogP contribution in [-0.4, -0.2) is 20.9 Å². The Balaban J connectivity index is 1.65. The molecule has 0 unspecified atom stereocenters. The number of nitriles is 2. The minimum Gasteiger partial charge on any atom is -0.347 e. The van der Waals surface area contributed by atoms with Gasteiger partial charge in [-0.1, -0.05) is 0 Å². The summed E-state index contributed by atoms with van der Waals surface area (Å²) in [6, 6.07) is 20.1. The first-order chi connectivity index (χ1) is 18.4. The first-order valence-corrected chi connectivity index (χ1v) is 11.7. The Kier molecular flexibility index (Phi) is 8.02. The molecule has 38 heavy (non-hydrogen) atoms. The first kappa shape index (κ1) is 25.5. The zero-order valence-corrected chi connectivity index (χ0v) is 20.9. The largest absolute Gasteiger partial charge is 0.347 e. The number of nitrogens with zero attached hydrogens (tertiary/aromatic N) is 5. The summed E-state index contributed by atoms with van der Waals surface area (Å²) < 4.78 is 0. The van der Waals surface area contributed by atoms with Crippen molar-refractivity contribution in [3.05, 3.63) is 107 Å². The lowest BCUT2D eigenvalue weighted by atomic mass is 10.0. The Morgan fingerprint density at radius 2 is 1.66 bits per heavy atom. The van der Waals surface area contributed by atoms with Crippen molar-refractivity contribution in [3.63, 3.8) is 0 Å². The van der Waals surface area contributed by atoms with E-state index in [0.717, 1.165) is 27.9 Å². The Morgan fingerprint density at radius 3 is 2.32 bits per heavy atom. The third-order valence-corrected chi connectivity index (χ3v) is 5.59. The van der Waals surface area contributed by atoms with Gasteiger partial charge in [0.1, 0.15) is 11.5 Å². The van der Waals surface area contributed by atoms with Crippen LogP contribution in [0.25, 0.3) is 6.08 Å². The molecule has 3 N–H and O–H groups in total. The monoisotopic (exact) mass is 500 g/mol. The van der Waals surface area contributed by atoms with Gasteiger partial charge in [0.25, 0.3) is 5.91 Å². The molecule has 186 valence electrons. The minimum atomic E-state index is -0.361. The standard InChI is InChI=1S/C29H24N8O/c1-19-14-23(4-3-11-30)15-20(2)27(19)36-26-16-25(28(38)33-18-22-9-12-32-13-10-22)35-29(37-26)34-24-7-5-21(17-31)6-8-24/h3-10,12-16H,18H2,1-2H3,(H,33,38)(H2,34,35,36,37)/b4-3+. The van der Waals surface area contributed by atoms with E-state index in [0.29, 0.717) is 23.6 Å². The number of aromatic nitrogens is 3. The fraction of sp³-hybridized carbons (Fsp3) is 0.103. The van der Waals surface area contributed by atoms with Crippen LogP contribution in [0.2, 0.25) is 0 Å². The van der Waals surface area contributed by atoms with E-state index in [1.165, 1.54) is 6.08 Å². The topological polar surface area (TPSA) is 139 Å². The maximum atomic E-state index is 13.0. The van der Waals surface area contributed by atoms with Gasteiger partial charge in [0.05, 0.1) is 17.7 Å². The summed E-state index contributed by atoms with van der Waals surface area (Å²) in [5.74, 6) is 0.287. The Hall–Kier alpha value is -5.54. The molecule has 0 spiro atoms. The van der Waals surface area contributed by atoms with Crippen LogP contribution in [0.4, 0.5) is 23.1 Å². The quantitative estimate of drug-likeness (QED) is 0.276. The van der Waals surface area contributed by atoms with E-state index in [9.17, 15) is 4.79 Å². The molecule has 9 heteroatoms. The predicted octanol–water partition coefficient (Wildman–Crippen LogP) is 5.31. The number of benzene rings is 2. The van der Waals surface area contributed by atoms with Gasteiger partial charge < -0.3 is 16.0 Å². The van der Waals surface area contributed by atoms with E-state index in [4.69, 9.17) is 10.5 Å². The maximum absolute atomic E-state index is 13.0. The maximum Gasteiger partial charge on any atom is 0.270 e. The molecule has 0 aliphatic rings. The van der Waals surface area contributed by atoms with E-state index in [1.54, 1.807) is 48.8 Å². The van der Waals surface area contributed by atoms with Gasteiger partial charge in [0.15, 0.2) is 0 Å². The molecule has 4 rings (SSSR count). The predicted molar refractivity (Wildman–Crippen MR) is 146 cm³/mol. The SMILES string of the molecule is Cc1cc(/C=C/C#N)cc(C)c1Nc1cc(C(=O)NCc2ccncc2)nc(Nc2ccc(C#N)cc2)n1. The Morgan fingerprint density at radius 1 is 0.947 bits per heavy atom. The lowest BCUT2D eigenvalue weighted by Gasteiger charge is -2.15. The molecule has 0 fully saturated rings. The molecule has 0 saturated heterocycles. The van der Waals surface area contributed by atoms with Gasteiger partial charge in [-0.15, -0.1) is 0 Å². The number of hydrogen-bond acceptors (Lipinski definition) is 8. The van der Waals surface area contributed by atoms with Gasteiger partial charge in [0.2, 0.25) is 5.95 Å². The van der Waals surface area contributed by atoms with E-state index in [1.807, 2.05) is 44.2 Å². The number of carbonyl (C=O) groups is 1. The lowest BCUT2D eigenvalue weighted by Crippen LogP contribution is -2.24. The normalized spacial score (nSPS) is 10.4. The summed E-state index contributed by atoms with van der Waals surface area (Å²) in [6.45, 7) is 4.24. The number of hydrogen-bond donors (Lipinski definition) is 3. The van der Waals surface area contributed by atoms with E-state index in [2.05, 4.69) is 37.0 Å². The molecule has 2 aromatic carbocycles. The van der Waals surface area contributed by atoms with Crippen LogP contribution in [0.15, 0.2) is 73.1 Å². The van der Waals surface area contributed by atoms with Crippen LogP contribution in [0.3, 0.4) is 0 Å². The molecule has 0 atom stereocenters. The number of aryl methyl sites for hydroxylation is 2. The average Bonchev–Trinajstić information content (AvgIpc) is 2.93. The van der Waals surface area contributed by atoms with Crippen LogP contribution in [0.5, 0.6) is 0 Å². The highest BCUT2D eigenvalue weighted by molar-refractivity contribution is 5.93.